The zero-order chi connectivity index (χ0) is 18.5. The van der Waals surface area contributed by atoms with E-state index in [1.807, 2.05) is 6.07 Å². The summed E-state index contributed by atoms with van der Waals surface area (Å²) in [6.45, 7) is 0. The van der Waals surface area contributed by atoms with Crippen LogP contribution in [0.2, 0.25) is 5.02 Å². The van der Waals surface area contributed by atoms with Crippen LogP contribution in [0.25, 0.3) is 11.5 Å². The fourth-order valence-electron chi connectivity index (χ4n) is 2.10. The highest BCUT2D eigenvalue weighted by atomic mass is 35.5. The number of furan rings is 1. The summed E-state index contributed by atoms with van der Waals surface area (Å²) in [7, 11) is 0. The van der Waals surface area contributed by atoms with Gasteiger partial charge in [0.2, 0.25) is 5.91 Å². The number of nitrogens with one attached hydrogen (secondary N) is 2. The molecule has 0 aliphatic rings. The molecule has 1 amide bonds. The monoisotopic (exact) mass is 386 g/mol. The van der Waals surface area contributed by atoms with E-state index in [0.29, 0.717) is 16.5 Å². The number of aromatic nitrogens is 2. The SMILES string of the molecule is N#Cc1c(-c2ccco2)nc(SCC(=O)Nc2ccccc2Cl)[nH]c1=O. The first-order chi connectivity index (χ1) is 12.6. The molecule has 2 aromatic heterocycles. The number of para-hydroxylation sites is 1. The molecule has 3 rings (SSSR count). The average molecular weight is 387 g/mol. The molecule has 7 nitrogen and oxygen atoms in total. The molecule has 130 valence electrons. The van der Waals surface area contributed by atoms with Crippen LogP contribution in [0.5, 0.6) is 0 Å². The fraction of sp³-hybridized carbons (Fsp3) is 0.0588. The van der Waals surface area contributed by atoms with Gasteiger partial charge in [-0.2, -0.15) is 5.26 Å². The Hall–Kier alpha value is -3.02. The number of H-pyrrole nitrogens is 1. The molecule has 2 heterocycles. The standard InChI is InChI=1S/C17H11ClN4O3S/c18-11-4-1-2-5-12(11)20-14(23)9-26-17-21-15(13-6-3-7-25-13)10(8-19)16(24)22-17/h1-7H,9H2,(H,20,23)(H,21,22,24). The van der Waals surface area contributed by atoms with Gasteiger partial charge in [0.05, 0.1) is 22.7 Å². The van der Waals surface area contributed by atoms with Gasteiger partial charge >= 0.3 is 0 Å². The van der Waals surface area contributed by atoms with E-state index >= 15 is 0 Å². The number of carbonyl (C=O) groups is 1. The third-order valence-corrected chi connectivity index (χ3v) is 4.45. The number of amides is 1. The summed E-state index contributed by atoms with van der Waals surface area (Å²) < 4.78 is 5.22. The Morgan fingerprint density at radius 3 is 2.85 bits per heavy atom. The number of benzene rings is 1. The maximum Gasteiger partial charge on any atom is 0.270 e. The normalized spacial score (nSPS) is 10.3. The highest BCUT2D eigenvalue weighted by Gasteiger charge is 2.16. The number of hydrogen-bond acceptors (Lipinski definition) is 6. The molecule has 26 heavy (non-hydrogen) atoms. The van der Waals surface area contributed by atoms with Crippen LogP contribution >= 0.6 is 23.4 Å². The first-order valence-corrected chi connectivity index (χ1v) is 8.70. The van der Waals surface area contributed by atoms with Gasteiger partial charge in [-0.1, -0.05) is 35.5 Å². The van der Waals surface area contributed by atoms with Crippen molar-refractivity contribution in [3.05, 3.63) is 63.6 Å². The van der Waals surface area contributed by atoms with Gasteiger partial charge in [-0.3, -0.25) is 9.59 Å². The number of thioether (sulfide) groups is 1. The third kappa shape index (κ3) is 3.96. The van der Waals surface area contributed by atoms with Crippen molar-refractivity contribution in [2.75, 3.05) is 11.1 Å². The molecule has 0 aliphatic carbocycles. The first-order valence-electron chi connectivity index (χ1n) is 7.34. The van der Waals surface area contributed by atoms with Gasteiger partial charge in [0.1, 0.15) is 17.3 Å². The molecule has 0 fully saturated rings. The van der Waals surface area contributed by atoms with Crippen LogP contribution in [-0.4, -0.2) is 21.6 Å². The lowest BCUT2D eigenvalue weighted by Gasteiger charge is -2.07. The number of nitriles is 1. The number of carbonyl (C=O) groups excluding carboxylic acids is 1. The van der Waals surface area contributed by atoms with Crippen molar-refractivity contribution in [1.29, 1.82) is 5.26 Å². The average Bonchev–Trinajstić information content (AvgIpc) is 3.16. The van der Waals surface area contributed by atoms with E-state index in [4.69, 9.17) is 21.3 Å². The molecule has 1 aromatic carbocycles. The maximum atomic E-state index is 12.1. The van der Waals surface area contributed by atoms with Gasteiger partial charge < -0.3 is 14.7 Å². The number of aromatic amines is 1. The summed E-state index contributed by atoms with van der Waals surface area (Å²) in [5, 5.41) is 12.5. The molecule has 0 aliphatic heterocycles. The second kappa shape index (κ2) is 7.91. The lowest BCUT2D eigenvalue weighted by atomic mass is 10.2. The van der Waals surface area contributed by atoms with E-state index in [-0.39, 0.29) is 28.1 Å². The molecule has 0 unspecified atom stereocenters. The van der Waals surface area contributed by atoms with Crippen LogP contribution in [0.15, 0.2) is 57.0 Å². The second-order valence-electron chi connectivity index (χ2n) is 5.00. The van der Waals surface area contributed by atoms with Crippen molar-refractivity contribution in [1.82, 2.24) is 9.97 Å². The van der Waals surface area contributed by atoms with Crippen LogP contribution in [0.4, 0.5) is 5.69 Å². The minimum atomic E-state index is -0.595. The Morgan fingerprint density at radius 1 is 1.35 bits per heavy atom. The number of nitrogens with zero attached hydrogens (tertiary/aromatic N) is 2. The minimum Gasteiger partial charge on any atom is -0.463 e. The van der Waals surface area contributed by atoms with Crippen molar-refractivity contribution in [2.24, 2.45) is 0 Å². The number of rotatable bonds is 5. The predicted octanol–water partition coefficient (Wildman–Crippen LogP) is 3.29. The van der Waals surface area contributed by atoms with E-state index < -0.39 is 5.56 Å². The van der Waals surface area contributed by atoms with Gasteiger partial charge in [0.15, 0.2) is 10.9 Å². The summed E-state index contributed by atoms with van der Waals surface area (Å²) in [5.41, 5.74) is -0.111. The van der Waals surface area contributed by atoms with Crippen LogP contribution in [-0.2, 0) is 4.79 Å². The zero-order valence-corrected chi connectivity index (χ0v) is 14.7. The predicted molar refractivity (Wildman–Crippen MR) is 98.1 cm³/mol. The van der Waals surface area contributed by atoms with Gasteiger partial charge in [-0.25, -0.2) is 4.98 Å². The van der Waals surface area contributed by atoms with Gasteiger partial charge in [-0.05, 0) is 24.3 Å². The molecular formula is C17H11ClN4O3S. The lowest BCUT2D eigenvalue weighted by Crippen LogP contribution is -2.17. The lowest BCUT2D eigenvalue weighted by molar-refractivity contribution is -0.113. The minimum absolute atomic E-state index is 0.00232. The third-order valence-electron chi connectivity index (χ3n) is 3.25. The first kappa shape index (κ1) is 17.8. The molecule has 0 spiro atoms. The molecule has 0 radical (unpaired) electrons. The van der Waals surface area contributed by atoms with Crippen molar-refractivity contribution in [3.63, 3.8) is 0 Å². The van der Waals surface area contributed by atoms with Crippen LogP contribution in [0.3, 0.4) is 0 Å². The zero-order valence-electron chi connectivity index (χ0n) is 13.2. The van der Waals surface area contributed by atoms with Crippen molar-refractivity contribution in [2.45, 2.75) is 5.16 Å². The van der Waals surface area contributed by atoms with Crippen molar-refractivity contribution < 1.29 is 9.21 Å². The fourth-order valence-corrected chi connectivity index (χ4v) is 2.94. The quantitative estimate of drug-likeness (QED) is 0.514. The maximum absolute atomic E-state index is 12.1. The molecule has 0 saturated carbocycles. The topological polar surface area (TPSA) is 112 Å². The molecule has 3 aromatic rings. The molecule has 0 atom stereocenters. The second-order valence-corrected chi connectivity index (χ2v) is 6.37. The Bertz CT molecular complexity index is 1040. The van der Waals surface area contributed by atoms with Crippen LogP contribution < -0.4 is 10.9 Å². The smallest absolute Gasteiger partial charge is 0.270 e. The number of halogens is 1. The van der Waals surface area contributed by atoms with E-state index in [2.05, 4.69) is 15.3 Å². The van der Waals surface area contributed by atoms with Crippen molar-refractivity contribution >= 4 is 35.0 Å². The van der Waals surface area contributed by atoms with E-state index in [1.54, 1.807) is 36.4 Å². The molecule has 0 saturated heterocycles. The van der Waals surface area contributed by atoms with Gasteiger partial charge in [0.25, 0.3) is 5.56 Å². The summed E-state index contributed by atoms with van der Waals surface area (Å²) in [6, 6.07) is 11.9. The summed E-state index contributed by atoms with van der Waals surface area (Å²) >= 11 is 7.02. The van der Waals surface area contributed by atoms with Crippen LogP contribution in [0.1, 0.15) is 5.56 Å². The summed E-state index contributed by atoms with van der Waals surface area (Å²) in [4.78, 5) is 30.9. The molecule has 9 heteroatoms. The Kier molecular flexibility index (Phi) is 5.41. The number of hydrogen-bond donors (Lipinski definition) is 2. The van der Waals surface area contributed by atoms with Crippen molar-refractivity contribution in [3.8, 4) is 17.5 Å². The molecule has 0 bridgehead atoms. The Morgan fingerprint density at radius 2 is 2.15 bits per heavy atom. The summed E-state index contributed by atoms with van der Waals surface area (Å²) in [6.07, 6.45) is 1.42. The van der Waals surface area contributed by atoms with Gasteiger partial charge in [0, 0.05) is 0 Å². The largest absolute Gasteiger partial charge is 0.463 e. The van der Waals surface area contributed by atoms with Crippen LogP contribution in [0, 0.1) is 11.3 Å². The van der Waals surface area contributed by atoms with Gasteiger partial charge in [-0.15, -0.1) is 0 Å². The van der Waals surface area contributed by atoms with E-state index in [1.165, 1.54) is 6.26 Å². The van der Waals surface area contributed by atoms with E-state index in [0.717, 1.165) is 11.8 Å². The van der Waals surface area contributed by atoms with E-state index in [9.17, 15) is 9.59 Å². The Balaban J connectivity index is 1.76. The highest BCUT2D eigenvalue weighted by Crippen LogP contribution is 2.23. The Labute approximate surface area is 157 Å². The molecule has 2 N–H and O–H groups in total. The molecular weight excluding hydrogens is 376 g/mol. The summed E-state index contributed by atoms with van der Waals surface area (Å²) in [5.74, 6) is -0.0119. The highest BCUT2D eigenvalue weighted by molar-refractivity contribution is 7.99. The number of anilines is 1.